The Balaban J connectivity index is 1.34. The first kappa shape index (κ1) is 21.5. The van der Waals surface area contributed by atoms with Gasteiger partial charge in [0.1, 0.15) is 11.4 Å². The molecule has 0 atom stereocenters. The van der Waals surface area contributed by atoms with Gasteiger partial charge in [-0.25, -0.2) is 14.0 Å². The van der Waals surface area contributed by atoms with Gasteiger partial charge in [0.25, 0.3) is 0 Å². The molecule has 2 saturated heterocycles. The molecule has 170 valence electrons. The molecule has 3 aliphatic rings. The van der Waals surface area contributed by atoms with E-state index in [0.29, 0.717) is 41.5 Å². The number of anilines is 1. The molecule has 33 heavy (non-hydrogen) atoms. The Morgan fingerprint density at radius 3 is 2.67 bits per heavy atom. The number of halogens is 2. The summed E-state index contributed by atoms with van der Waals surface area (Å²) in [5.74, 6) is -0.317. The number of aromatic nitrogens is 1. The zero-order valence-corrected chi connectivity index (χ0v) is 18.4. The van der Waals surface area contributed by atoms with E-state index < -0.39 is 23.4 Å². The molecule has 7 nitrogen and oxygen atoms in total. The maximum atomic E-state index is 14.2. The molecule has 9 heteroatoms. The Labute approximate surface area is 194 Å². The van der Waals surface area contributed by atoms with E-state index in [-0.39, 0.29) is 29.6 Å². The monoisotopic (exact) mass is 468 g/mol. The van der Waals surface area contributed by atoms with Crippen molar-refractivity contribution in [2.24, 2.45) is 11.7 Å². The number of rotatable bonds is 5. The Morgan fingerprint density at radius 1 is 1.15 bits per heavy atom. The van der Waals surface area contributed by atoms with E-state index in [1.165, 1.54) is 16.8 Å². The highest BCUT2D eigenvalue weighted by atomic mass is 35.5. The van der Waals surface area contributed by atoms with Crippen molar-refractivity contribution in [3.63, 3.8) is 0 Å². The minimum absolute atomic E-state index is 0.0267. The summed E-state index contributed by atoms with van der Waals surface area (Å²) >= 11 is 5.84. The van der Waals surface area contributed by atoms with Gasteiger partial charge in [-0.1, -0.05) is 41.9 Å². The minimum atomic E-state index is -0.869. The Morgan fingerprint density at radius 2 is 1.91 bits per heavy atom. The number of benzene rings is 2. The molecule has 1 aliphatic carbocycles. The van der Waals surface area contributed by atoms with Crippen molar-refractivity contribution in [3.05, 3.63) is 65.1 Å². The number of Topliss-reactive ketones (excluding diaryl/α,β-unsaturated/α-hetero) is 1. The van der Waals surface area contributed by atoms with Crippen LogP contribution >= 0.6 is 11.6 Å². The van der Waals surface area contributed by atoms with Crippen molar-refractivity contribution in [1.82, 2.24) is 9.47 Å². The second-order valence-electron chi connectivity index (χ2n) is 8.75. The predicted molar refractivity (Wildman–Crippen MR) is 123 cm³/mol. The lowest BCUT2D eigenvalue weighted by atomic mass is 9.69. The number of fused-ring (bicyclic) bond motifs is 2. The fourth-order valence-electron chi connectivity index (χ4n) is 5.20. The molecule has 3 aromatic rings. The molecule has 2 aliphatic heterocycles. The zero-order chi connectivity index (χ0) is 23.3. The third-order valence-corrected chi connectivity index (χ3v) is 7.11. The third kappa shape index (κ3) is 3.45. The highest BCUT2D eigenvalue weighted by Gasteiger charge is 2.61. The van der Waals surface area contributed by atoms with Gasteiger partial charge in [0, 0.05) is 24.5 Å². The van der Waals surface area contributed by atoms with Gasteiger partial charge in [0.15, 0.2) is 5.78 Å². The fourth-order valence-corrected chi connectivity index (χ4v) is 5.39. The molecule has 2 bridgehead atoms. The van der Waals surface area contributed by atoms with Crippen LogP contribution in [0.5, 0.6) is 0 Å². The van der Waals surface area contributed by atoms with Gasteiger partial charge in [-0.05, 0) is 42.9 Å². The number of amides is 3. The normalized spacial score (nSPS) is 21.2. The molecule has 2 aromatic carbocycles. The van der Waals surface area contributed by atoms with Gasteiger partial charge < -0.3 is 16.0 Å². The number of hydrogen-bond acceptors (Lipinski definition) is 3. The molecular formula is C24H22ClFN4O3. The third-order valence-electron chi connectivity index (χ3n) is 6.82. The van der Waals surface area contributed by atoms with E-state index in [1.54, 1.807) is 41.3 Å². The highest BCUT2D eigenvalue weighted by molar-refractivity contribution is 6.30. The molecule has 3 amide bonds. The Kier molecular flexibility index (Phi) is 5.12. The Hall–Kier alpha value is -3.39. The predicted octanol–water partition coefficient (Wildman–Crippen LogP) is 4.56. The van der Waals surface area contributed by atoms with Crippen LogP contribution in [0, 0.1) is 11.7 Å². The number of ketones is 1. The second-order valence-corrected chi connectivity index (χ2v) is 9.16. The number of hydrogen-bond donors (Lipinski definition) is 2. The number of urea groups is 1. The maximum Gasteiger partial charge on any atom is 0.323 e. The summed E-state index contributed by atoms with van der Waals surface area (Å²) in [6.07, 6.45) is 3.05. The quantitative estimate of drug-likeness (QED) is 0.574. The number of primary amides is 1. The van der Waals surface area contributed by atoms with E-state index in [1.807, 2.05) is 0 Å². The van der Waals surface area contributed by atoms with E-state index in [2.05, 4.69) is 5.32 Å². The molecule has 1 aromatic heterocycles. The largest absolute Gasteiger partial charge is 0.351 e. The second kappa shape index (κ2) is 7.88. The van der Waals surface area contributed by atoms with Gasteiger partial charge in [0.2, 0.25) is 0 Å². The number of carbonyl (C=O) groups is 3. The lowest BCUT2D eigenvalue weighted by Gasteiger charge is -2.40. The molecule has 3 fully saturated rings. The number of para-hydroxylation sites is 1. The molecule has 0 unspecified atom stereocenters. The maximum absolute atomic E-state index is 14.2. The Bertz CT molecular complexity index is 1300. The van der Waals surface area contributed by atoms with Crippen molar-refractivity contribution in [2.75, 3.05) is 11.9 Å². The highest BCUT2D eigenvalue weighted by Crippen LogP contribution is 2.52. The summed E-state index contributed by atoms with van der Waals surface area (Å²) in [5, 5.41) is 3.56. The molecule has 1 saturated carbocycles. The summed E-state index contributed by atoms with van der Waals surface area (Å²) in [4.78, 5) is 39.8. The SMILES string of the molecule is NC(=O)n1cc(NC(=O)N2CC3CC2(C(=O)CCc2cccc(Cl)c2F)C3)c2ccccc21. The van der Waals surface area contributed by atoms with Gasteiger partial charge in [-0.15, -0.1) is 0 Å². The molecule has 3 heterocycles. The van der Waals surface area contributed by atoms with Crippen molar-refractivity contribution >= 4 is 46.0 Å². The van der Waals surface area contributed by atoms with Crippen molar-refractivity contribution in [3.8, 4) is 0 Å². The summed E-state index contributed by atoms with van der Waals surface area (Å²) in [7, 11) is 0. The summed E-state index contributed by atoms with van der Waals surface area (Å²) < 4.78 is 15.5. The standard InChI is InChI=1S/C24H22ClFN4O3/c25-17-6-3-4-15(21(17)26)8-9-20(31)24-10-14(11-24)12-30(24)23(33)28-18-13-29(22(27)32)19-7-2-1-5-16(18)19/h1-7,13-14H,8-12H2,(H2,27,32)(H,28,33). The first-order chi connectivity index (χ1) is 15.8. The summed E-state index contributed by atoms with van der Waals surface area (Å²) in [5.41, 5.74) is 6.00. The van der Waals surface area contributed by atoms with Gasteiger partial charge in [-0.2, -0.15) is 0 Å². The number of carbonyl (C=O) groups excluding carboxylic acids is 3. The molecule has 3 N–H and O–H groups in total. The van der Waals surface area contributed by atoms with Crippen LogP contribution in [-0.4, -0.2) is 39.4 Å². The molecule has 6 rings (SSSR count). The topological polar surface area (TPSA) is 97.4 Å². The lowest BCUT2D eigenvalue weighted by Crippen LogP contribution is -2.55. The summed E-state index contributed by atoms with van der Waals surface area (Å²) in [6.45, 7) is 0.484. The van der Waals surface area contributed by atoms with Crippen LogP contribution in [0.2, 0.25) is 5.02 Å². The fraction of sp³-hybridized carbons (Fsp3) is 0.292. The smallest absolute Gasteiger partial charge is 0.323 e. The average molecular weight is 469 g/mol. The number of aryl methyl sites for hydroxylation is 1. The number of nitrogens with two attached hydrogens (primary N) is 1. The van der Waals surface area contributed by atoms with Crippen molar-refractivity contribution in [2.45, 2.75) is 31.2 Å². The number of nitrogens with zero attached hydrogens (tertiary/aromatic N) is 2. The van der Waals surface area contributed by atoms with E-state index >= 15 is 0 Å². The first-order valence-electron chi connectivity index (χ1n) is 10.7. The van der Waals surface area contributed by atoms with Crippen LogP contribution in [0.1, 0.15) is 24.8 Å². The van der Waals surface area contributed by atoms with Crippen LogP contribution in [0.25, 0.3) is 10.9 Å². The molecule has 0 radical (unpaired) electrons. The zero-order valence-electron chi connectivity index (χ0n) is 17.7. The van der Waals surface area contributed by atoms with Crippen LogP contribution in [0.4, 0.5) is 19.7 Å². The number of nitrogens with one attached hydrogen (secondary N) is 1. The molecule has 0 spiro atoms. The summed E-state index contributed by atoms with van der Waals surface area (Å²) in [6, 6.07) is 10.8. The average Bonchev–Trinajstić information content (AvgIpc) is 3.45. The van der Waals surface area contributed by atoms with Gasteiger partial charge in [0.05, 0.1) is 16.2 Å². The van der Waals surface area contributed by atoms with Crippen molar-refractivity contribution < 1.29 is 18.8 Å². The van der Waals surface area contributed by atoms with E-state index in [9.17, 15) is 18.8 Å². The first-order valence-corrected chi connectivity index (χ1v) is 11.1. The van der Waals surface area contributed by atoms with Crippen LogP contribution < -0.4 is 11.1 Å². The van der Waals surface area contributed by atoms with Crippen LogP contribution in [0.3, 0.4) is 0 Å². The molecular weight excluding hydrogens is 447 g/mol. The van der Waals surface area contributed by atoms with E-state index in [0.717, 1.165) is 0 Å². The minimum Gasteiger partial charge on any atom is -0.351 e. The van der Waals surface area contributed by atoms with Crippen molar-refractivity contribution in [1.29, 1.82) is 0 Å². The van der Waals surface area contributed by atoms with Crippen LogP contribution in [-0.2, 0) is 11.2 Å². The van der Waals surface area contributed by atoms with Crippen LogP contribution in [0.15, 0.2) is 48.7 Å². The van der Waals surface area contributed by atoms with Gasteiger partial charge in [-0.3, -0.25) is 9.36 Å². The van der Waals surface area contributed by atoms with Gasteiger partial charge >= 0.3 is 12.1 Å². The van der Waals surface area contributed by atoms with E-state index in [4.69, 9.17) is 17.3 Å². The lowest BCUT2D eigenvalue weighted by molar-refractivity contribution is -0.130.